The van der Waals surface area contributed by atoms with Crippen LogP contribution in [0.5, 0.6) is 0 Å². The summed E-state index contributed by atoms with van der Waals surface area (Å²) in [4.78, 5) is 22.2. The van der Waals surface area contributed by atoms with Crippen LogP contribution in [0.4, 0.5) is 4.79 Å². The molecule has 3 aliphatic heterocycles. The van der Waals surface area contributed by atoms with Gasteiger partial charge in [-0.25, -0.2) is 4.79 Å². The van der Waals surface area contributed by atoms with E-state index in [1.54, 1.807) is 0 Å². The number of carbonyl (C=O) groups excluding carboxylic acids is 1. The molecule has 3 heterocycles. The Bertz CT molecular complexity index is 845. The number of aliphatic hydroxyl groups excluding tert-OH is 1. The Morgan fingerprint density at radius 2 is 2.00 bits per heavy atom. The van der Waals surface area contributed by atoms with Crippen molar-refractivity contribution >= 4 is 17.5 Å². The fourth-order valence-corrected chi connectivity index (χ4v) is 5.27. The smallest absolute Gasteiger partial charge is 0.317 e. The van der Waals surface area contributed by atoms with Gasteiger partial charge >= 0.3 is 6.03 Å². The van der Waals surface area contributed by atoms with E-state index in [2.05, 4.69) is 44.8 Å². The fraction of sp³-hybridized carbons (Fsp3) is 0.792. The van der Waals surface area contributed by atoms with Crippen LogP contribution in [0.15, 0.2) is 16.1 Å². The van der Waals surface area contributed by atoms with Crippen LogP contribution in [0, 0.1) is 17.2 Å². The monoisotopic (exact) mass is 445 g/mol. The van der Waals surface area contributed by atoms with Crippen LogP contribution in [-0.2, 0) is 4.74 Å². The molecule has 2 unspecified atom stereocenters. The molecule has 0 aromatic heterocycles. The van der Waals surface area contributed by atoms with Gasteiger partial charge in [-0.15, -0.1) is 0 Å². The molecule has 2 fully saturated rings. The maximum Gasteiger partial charge on any atom is 0.317 e. The highest BCUT2D eigenvalue weighted by Crippen LogP contribution is 2.44. The van der Waals surface area contributed by atoms with Crippen LogP contribution < -0.4 is 5.32 Å². The minimum Gasteiger partial charge on any atom is -0.395 e. The summed E-state index contributed by atoms with van der Waals surface area (Å²) < 4.78 is 6.11. The lowest BCUT2D eigenvalue weighted by Gasteiger charge is -2.51. The van der Waals surface area contributed by atoms with Gasteiger partial charge in [0.15, 0.2) is 5.66 Å². The number of aliphatic hydroxyl groups is 1. The number of nitrogens with one attached hydrogen (secondary N) is 2. The van der Waals surface area contributed by atoms with Gasteiger partial charge < -0.3 is 25.5 Å². The van der Waals surface area contributed by atoms with Crippen molar-refractivity contribution in [3.8, 4) is 0 Å². The third-order valence-electron chi connectivity index (χ3n) is 7.41. The highest BCUT2D eigenvalue weighted by Gasteiger charge is 2.49. The number of ether oxygens (including phenoxy) is 1. The van der Waals surface area contributed by atoms with Crippen molar-refractivity contribution in [1.29, 1.82) is 5.41 Å². The molecule has 2 amide bonds. The summed E-state index contributed by atoms with van der Waals surface area (Å²) in [5.41, 5.74) is 3.02. The molecule has 0 spiro atoms. The van der Waals surface area contributed by atoms with E-state index < -0.39 is 5.66 Å². The van der Waals surface area contributed by atoms with E-state index in [0.29, 0.717) is 37.9 Å². The normalized spacial score (nSPS) is 31.0. The highest BCUT2D eigenvalue weighted by molar-refractivity contribution is 6.18. The van der Waals surface area contributed by atoms with Crippen molar-refractivity contribution in [1.82, 2.24) is 15.1 Å². The number of urea groups is 1. The van der Waals surface area contributed by atoms with Crippen molar-refractivity contribution in [3.63, 3.8) is 0 Å². The average molecular weight is 446 g/mol. The van der Waals surface area contributed by atoms with E-state index >= 15 is 0 Å². The molecule has 1 aliphatic carbocycles. The third-order valence-corrected chi connectivity index (χ3v) is 7.41. The van der Waals surface area contributed by atoms with E-state index in [-0.39, 0.29) is 36.7 Å². The number of rotatable bonds is 5. The molecule has 4 aliphatic rings. The van der Waals surface area contributed by atoms with Crippen LogP contribution in [0.2, 0.25) is 0 Å². The van der Waals surface area contributed by atoms with Crippen molar-refractivity contribution in [2.75, 3.05) is 39.4 Å². The summed E-state index contributed by atoms with van der Waals surface area (Å²) >= 11 is 0. The van der Waals surface area contributed by atoms with Gasteiger partial charge in [0.25, 0.3) is 0 Å². The highest BCUT2D eigenvalue weighted by atomic mass is 16.5. The molecule has 1 saturated heterocycles. The lowest BCUT2D eigenvalue weighted by molar-refractivity contribution is -0.0122. The zero-order valence-electron chi connectivity index (χ0n) is 20.2. The molecule has 4 rings (SSSR count). The molecular formula is C24H39N5O3. The van der Waals surface area contributed by atoms with Crippen LogP contribution in [0.25, 0.3) is 0 Å². The van der Waals surface area contributed by atoms with Crippen molar-refractivity contribution < 1.29 is 14.6 Å². The Hall–Kier alpha value is -1.77. The molecule has 0 aromatic rings. The minimum atomic E-state index is -0.717. The number of piperazine rings is 1. The first-order valence-electron chi connectivity index (χ1n) is 12.0. The molecule has 178 valence electrons. The van der Waals surface area contributed by atoms with Crippen LogP contribution in [0.1, 0.15) is 53.9 Å². The zero-order chi connectivity index (χ0) is 23.3. The number of aliphatic imine (C=N–C) groups is 1. The summed E-state index contributed by atoms with van der Waals surface area (Å²) in [6.07, 6.45) is 3.06. The van der Waals surface area contributed by atoms with Crippen LogP contribution in [-0.4, -0.2) is 89.1 Å². The van der Waals surface area contributed by atoms with Gasteiger partial charge in [-0.1, -0.05) is 13.8 Å². The Labute approximate surface area is 191 Å². The standard InChI is InChI=1S/C24H39N5O3/c1-15(2)19-13-28(9-10-29(19)22(31)26-8-11-30)24(5)21(25)17-12-23(3,4)32-14-18(17)20(27-24)16-6-7-16/h15-16,19,25,30H,6-14H2,1-5H3,(H,26,31). The first-order chi connectivity index (χ1) is 15.1. The lowest BCUT2D eigenvalue weighted by atomic mass is 9.79. The van der Waals surface area contributed by atoms with Crippen molar-refractivity contribution in [3.05, 3.63) is 11.1 Å². The van der Waals surface area contributed by atoms with Gasteiger partial charge in [0.1, 0.15) is 0 Å². The van der Waals surface area contributed by atoms with Gasteiger partial charge in [0.2, 0.25) is 0 Å². The molecule has 1 saturated carbocycles. The van der Waals surface area contributed by atoms with Gasteiger partial charge in [-0.05, 0) is 45.1 Å². The number of carbonyl (C=O) groups is 1. The average Bonchev–Trinajstić information content (AvgIpc) is 3.59. The maximum atomic E-state index is 12.7. The summed E-state index contributed by atoms with van der Waals surface area (Å²) in [7, 11) is 0. The second-order valence-electron chi connectivity index (χ2n) is 10.8. The molecule has 0 radical (unpaired) electrons. The number of hydrogen-bond acceptors (Lipinski definition) is 6. The first kappa shape index (κ1) is 23.4. The Kier molecular flexibility index (Phi) is 6.24. The largest absolute Gasteiger partial charge is 0.395 e. The molecule has 8 heteroatoms. The Balaban J connectivity index is 1.62. The summed E-state index contributed by atoms with van der Waals surface area (Å²) in [6, 6.07) is -0.104. The predicted octanol–water partition coefficient (Wildman–Crippen LogP) is 2.43. The SMILES string of the molecule is CC(C)C1CN(C2(C)N=C(C3CC3)C3=C(CC(C)(C)OC3)C2=N)CCN1C(=O)NCCO. The summed E-state index contributed by atoms with van der Waals surface area (Å²) in [5, 5.41) is 21.1. The van der Waals surface area contributed by atoms with E-state index in [1.165, 1.54) is 0 Å². The molecule has 32 heavy (non-hydrogen) atoms. The van der Waals surface area contributed by atoms with Crippen LogP contribution >= 0.6 is 0 Å². The second-order valence-corrected chi connectivity index (χ2v) is 10.8. The quantitative estimate of drug-likeness (QED) is 0.605. The maximum absolute atomic E-state index is 12.7. The first-order valence-corrected chi connectivity index (χ1v) is 12.0. The topological polar surface area (TPSA) is 101 Å². The Morgan fingerprint density at radius 1 is 1.28 bits per heavy atom. The molecule has 3 N–H and O–H groups in total. The number of hydrogen-bond donors (Lipinski definition) is 3. The predicted molar refractivity (Wildman–Crippen MR) is 125 cm³/mol. The Morgan fingerprint density at radius 3 is 2.62 bits per heavy atom. The molecular weight excluding hydrogens is 406 g/mol. The zero-order valence-corrected chi connectivity index (χ0v) is 20.2. The van der Waals surface area contributed by atoms with Crippen LogP contribution in [0.3, 0.4) is 0 Å². The minimum absolute atomic E-state index is 0.0214. The summed E-state index contributed by atoms with van der Waals surface area (Å²) in [6.45, 7) is 13.2. The molecule has 8 nitrogen and oxygen atoms in total. The van der Waals surface area contributed by atoms with Gasteiger partial charge in [0, 0.05) is 55.8 Å². The number of amides is 2. The molecule has 0 bridgehead atoms. The number of dihydropyridines is 1. The van der Waals surface area contributed by atoms with Gasteiger partial charge in [-0.3, -0.25) is 9.89 Å². The van der Waals surface area contributed by atoms with Gasteiger partial charge in [0.05, 0.1) is 24.5 Å². The van der Waals surface area contributed by atoms with Crippen molar-refractivity contribution in [2.24, 2.45) is 16.8 Å². The molecule has 2 atom stereocenters. The van der Waals surface area contributed by atoms with Crippen molar-refractivity contribution in [2.45, 2.75) is 71.2 Å². The van der Waals surface area contributed by atoms with E-state index in [0.717, 1.165) is 36.1 Å². The lowest BCUT2D eigenvalue weighted by Crippen LogP contribution is -2.66. The van der Waals surface area contributed by atoms with Gasteiger partial charge in [-0.2, -0.15) is 0 Å². The molecule has 0 aromatic carbocycles. The van der Waals surface area contributed by atoms with E-state index in [4.69, 9.17) is 14.8 Å². The number of nitrogens with zero attached hydrogens (tertiary/aromatic N) is 3. The second kappa shape index (κ2) is 8.54. The fourth-order valence-electron chi connectivity index (χ4n) is 5.27. The van der Waals surface area contributed by atoms with E-state index in [9.17, 15) is 10.2 Å². The third kappa shape index (κ3) is 4.24. The van der Waals surface area contributed by atoms with E-state index in [1.807, 2.05) is 4.90 Å². The summed E-state index contributed by atoms with van der Waals surface area (Å²) in [5.74, 6) is 0.756.